The fraction of sp³-hybridized carbons (Fsp3) is 0.818. The zero-order valence-corrected chi connectivity index (χ0v) is 15.9. The van der Waals surface area contributed by atoms with Gasteiger partial charge in [-0.3, -0.25) is 0 Å². The van der Waals surface area contributed by atoms with Gasteiger partial charge in [0.15, 0.2) is 0 Å². The molecule has 0 heterocycles. The number of hydrogen-bond donors (Lipinski definition) is 0. The van der Waals surface area contributed by atoms with Gasteiger partial charge in [-0.05, 0) is 68.1 Å². The smallest absolute Gasteiger partial charge is 0.00271 e. The molecule has 0 aromatic rings. The molecule has 0 radical (unpaired) electrons. The standard InChI is InChI=1S/C6H12.C5H12.C4H6.C3H9N.4CH4/c1-5(2)6(3)4;1-5(2,3)4;1-3-4-2;1-4(2)3;;;;/h1-4H3;1-4H3;1-2H3;1-3H3;4*1H4. The molecule has 0 aliphatic carbocycles. The summed E-state index contributed by atoms with van der Waals surface area (Å²) in [6.45, 7) is 20.9. The molecule has 0 bridgehead atoms. The molecule has 0 N–H and O–H groups in total. The van der Waals surface area contributed by atoms with Gasteiger partial charge in [0.05, 0.1) is 0 Å². The van der Waals surface area contributed by atoms with Crippen LogP contribution in [0, 0.1) is 17.3 Å². The van der Waals surface area contributed by atoms with Crippen molar-refractivity contribution in [1.29, 1.82) is 0 Å². The van der Waals surface area contributed by atoms with Crippen molar-refractivity contribution in [3.05, 3.63) is 11.1 Å². The van der Waals surface area contributed by atoms with Crippen molar-refractivity contribution >= 4 is 0 Å². The van der Waals surface area contributed by atoms with E-state index in [1.165, 1.54) is 11.1 Å². The second kappa shape index (κ2) is 33.0. The van der Waals surface area contributed by atoms with Gasteiger partial charge in [0, 0.05) is 0 Å². The Morgan fingerprint density at radius 3 is 0.696 bits per heavy atom. The van der Waals surface area contributed by atoms with Crippen molar-refractivity contribution in [1.82, 2.24) is 4.90 Å². The highest BCUT2D eigenvalue weighted by molar-refractivity contribution is 5.02. The molecule has 1 heteroatoms. The number of nitrogens with zero attached hydrogens (tertiary/aromatic N) is 1. The van der Waals surface area contributed by atoms with Crippen LogP contribution < -0.4 is 0 Å². The Bertz CT molecular complexity index is 221. The van der Waals surface area contributed by atoms with E-state index < -0.39 is 0 Å². The summed E-state index contributed by atoms with van der Waals surface area (Å²) < 4.78 is 0. The van der Waals surface area contributed by atoms with E-state index in [0.717, 1.165) is 0 Å². The quantitative estimate of drug-likeness (QED) is 0.319. The van der Waals surface area contributed by atoms with Gasteiger partial charge in [0.2, 0.25) is 0 Å². The van der Waals surface area contributed by atoms with Crippen LogP contribution in [0.2, 0.25) is 0 Å². The monoisotopic (exact) mass is 333 g/mol. The minimum Gasteiger partial charge on any atom is -0.312 e. The third-order valence-corrected chi connectivity index (χ3v) is 1.25. The van der Waals surface area contributed by atoms with Crippen LogP contribution in [0.4, 0.5) is 0 Å². The van der Waals surface area contributed by atoms with Crippen LogP contribution in [0.3, 0.4) is 0 Å². The Balaban J connectivity index is -0.0000000208. The molecule has 0 saturated heterocycles. The summed E-state index contributed by atoms with van der Waals surface area (Å²) in [6, 6.07) is 0. The highest BCUT2D eigenvalue weighted by atomic mass is 15.0. The molecule has 0 unspecified atom stereocenters. The predicted octanol–water partition coefficient (Wildman–Crippen LogP) is 8.17. The summed E-state index contributed by atoms with van der Waals surface area (Å²) in [5, 5.41) is 0. The lowest BCUT2D eigenvalue weighted by atomic mass is 10.0. The first-order valence-corrected chi connectivity index (χ1v) is 6.84. The van der Waals surface area contributed by atoms with Gasteiger partial charge in [-0.2, -0.15) is 0 Å². The van der Waals surface area contributed by atoms with E-state index in [-0.39, 0.29) is 29.7 Å². The molecule has 0 aromatic carbocycles. The zero-order valence-electron chi connectivity index (χ0n) is 15.9. The molecule has 23 heavy (non-hydrogen) atoms. The largest absolute Gasteiger partial charge is 0.312 e. The molecule has 0 aliphatic heterocycles. The normalized spacial score (nSPS) is 6.87. The van der Waals surface area contributed by atoms with Crippen LogP contribution in [0.15, 0.2) is 11.1 Å². The molecule has 0 atom stereocenters. The van der Waals surface area contributed by atoms with E-state index in [9.17, 15) is 0 Å². The third kappa shape index (κ3) is 435. The molecule has 0 spiro atoms. The van der Waals surface area contributed by atoms with E-state index in [2.05, 4.69) is 67.2 Å². The molecule has 0 rings (SSSR count). The van der Waals surface area contributed by atoms with E-state index in [0.29, 0.717) is 5.41 Å². The Morgan fingerprint density at radius 1 is 0.609 bits per heavy atom. The summed E-state index contributed by atoms with van der Waals surface area (Å²) in [5.41, 5.74) is 3.35. The molecule has 148 valence electrons. The second-order valence-electron chi connectivity index (χ2n) is 6.84. The van der Waals surface area contributed by atoms with Crippen LogP contribution in [-0.4, -0.2) is 26.0 Å². The van der Waals surface area contributed by atoms with Gasteiger partial charge in [-0.1, -0.05) is 68.5 Å². The number of rotatable bonds is 0. The van der Waals surface area contributed by atoms with Gasteiger partial charge >= 0.3 is 0 Å². The fourth-order valence-electron chi connectivity index (χ4n) is 0. The molecule has 0 aromatic heterocycles. The van der Waals surface area contributed by atoms with Crippen molar-refractivity contribution in [3.8, 4) is 11.8 Å². The summed E-state index contributed by atoms with van der Waals surface area (Å²) in [5.74, 6) is 5.36. The van der Waals surface area contributed by atoms with E-state index >= 15 is 0 Å². The summed E-state index contributed by atoms with van der Waals surface area (Å²) in [4.78, 5) is 2.00. The fourth-order valence-corrected chi connectivity index (χ4v) is 0. The highest BCUT2D eigenvalue weighted by Gasteiger charge is 1.95. The maximum atomic E-state index is 2.68. The summed E-state index contributed by atoms with van der Waals surface area (Å²) in [7, 11) is 6.00. The first-order valence-electron chi connectivity index (χ1n) is 6.84. The highest BCUT2D eigenvalue weighted by Crippen LogP contribution is 2.08. The summed E-state index contributed by atoms with van der Waals surface area (Å²) >= 11 is 0. The minimum absolute atomic E-state index is 0. The van der Waals surface area contributed by atoms with Crippen LogP contribution in [0.1, 0.15) is 98.9 Å². The van der Waals surface area contributed by atoms with E-state index in [1.807, 2.05) is 39.9 Å². The maximum Gasteiger partial charge on any atom is -0.00271 e. The lowest BCUT2D eigenvalue weighted by Crippen LogP contribution is -1.99. The first kappa shape index (κ1) is 49.5. The van der Waals surface area contributed by atoms with E-state index in [4.69, 9.17) is 0 Å². The SMILES string of the molecule is C.C.C.C.CC#CC.CC(C)(C)C.CC(C)=C(C)C.CN(C)C. The van der Waals surface area contributed by atoms with Crippen LogP contribution in [-0.2, 0) is 0 Å². The topological polar surface area (TPSA) is 3.24 Å². The number of allylic oxidation sites excluding steroid dienone is 2. The van der Waals surface area contributed by atoms with Gasteiger partial charge in [0.25, 0.3) is 0 Å². The van der Waals surface area contributed by atoms with Crippen LogP contribution >= 0.6 is 0 Å². The van der Waals surface area contributed by atoms with Gasteiger partial charge in [0.1, 0.15) is 0 Å². The van der Waals surface area contributed by atoms with Crippen molar-refractivity contribution in [2.45, 2.75) is 98.9 Å². The molecular formula is C22H55N. The van der Waals surface area contributed by atoms with Gasteiger partial charge < -0.3 is 4.90 Å². The Morgan fingerprint density at radius 2 is 0.696 bits per heavy atom. The van der Waals surface area contributed by atoms with Crippen molar-refractivity contribution in [2.75, 3.05) is 21.1 Å². The molecule has 1 nitrogen and oxygen atoms in total. The maximum absolute atomic E-state index is 2.68. The van der Waals surface area contributed by atoms with Gasteiger partial charge in [-0.15, -0.1) is 11.8 Å². The van der Waals surface area contributed by atoms with Gasteiger partial charge in [-0.25, -0.2) is 0 Å². The predicted molar refractivity (Wildman–Crippen MR) is 121 cm³/mol. The molecule has 0 aliphatic rings. The average molecular weight is 334 g/mol. The molecular weight excluding hydrogens is 278 g/mol. The Hall–Kier alpha value is -0.740. The molecule has 0 amide bonds. The van der Waals surface area contributed by atoms with Crippen molar-refractivity contribution in [3.63, 3.8) is 0 Å². The Labute approximate surface area is 154 Å². The van der Waals surface area contributed by atoms with Crippen molar-refractivity contribution < 1.29 is 0 Å². The second-order valence-corrected chi connectivity index (χ2v) is 6.84. The minimum atomic E-state index is 0. The molecule has 0 saturated carbocycles. The number of hydrogen-bond acceptors (Lipinski definition) is 1. The zero-order chi connectivity index (χ0) is 16.6. The lowest BCUT2D eigenvalue weighted by Gasteiger charge is -2.05. The summed E-state index contributed by atoms with van der Waals surface area (Å²) in [6.07, 6.45) is 0. The van der Waals surface area contributed by atoms with Crippen LogP contribution in [0.25, 0.3) is 0 Å². The van der Waals surface area contributed by atoms with Crippen LogP contribution in [0.5, 0.6) is 0 Å². The Kier molecular flexibility index (Phi) is 71.0. The molecule has 0 fully saturated rings. The van der Waals surface area contributed by atoms with E-state index in [1.54, 1.807) is 0 Å². The average Bonchev–Trinajstić information content (AvgIpc) is 2.14. The first-order chi connectivity index (χ1) is 8.29. The third-order valence-electron chi connectivity index (χ3n) is 1.25. The lowest BCUT2D eigenvalue weighted by molar-refractivity contribution is 0.469. The van der Waals surface area contributed by atoms with Crippen molar-refractivity contribution in [2.24, 2.45) is 5.41 Å².